The fraction of sp³-hybridized carbons (Fsp3) is 0.417. The van der Waals surface area contributed by atoms with Crippen LogP contribution in [0.3, 0.4) is 0 Å². The summed E-state index contributed by atoms with van der Waals surface area (Å²) >= 11 is 11.6. The van der Waals surface area contributed by atoms with Crippen molar-refractivity contribution in [2.45, 2.75) is 6.42 Å². The molecule has 0 spiro atoms. The highest BCUT2D eigenvalue weighted by molar-refractivity contribution is 6.36. The molecule has 0 aliphatic carbocycles. The van der Waals surface area contributed by atoms with Gasteiger partial charge in [-0.15, -0.1) is 0 Å². The Hall–Kier alpha value is -1.37. The van der Waals surface area contributed by atoms with Crippen LogP contribution >= 0.6 is 23.2 Å². The average Bonchev–Trinajstić information content (AvgIpc) is 2.81. The molecule has 1 unspecified atom stereocenters. The first kappa shape index (κ1) is 15.0. The Labute approximate surface area is 125 Å². The topological polar surface area (TPSA) is 82.5 Å². The van der Waals surface area contributed by atoms with Gasteiger partial charge in [0.15, 0.2) is 5.82 Å². The Kier molecular flexibility index (Phi) is 4.80. The monoisotopic (exact) mass is 317 g/mol. The van der Waals surface area contributed by atoms with E-state index in [0.717, 1.165) is 0 Å². The Balaban J connectivity index is 1.88. The van der Waals surface area contributed by atoms with Crippen LogP contribution in [0.25, 0.3) is 0 Å². The van der Waals surface area contributed by atoms with Gasteiger partial charge in [0.2, 0.25) is 5.91 Å². The zero-order valence-electron chi connectivity index (χ0n) is 10.5. The second-order valence-corrected chi connectivity index (χ2v) is 5.43. The van der Waals surface area contributed by atoms with Crippen LogP contribution in [0.5, 0.6) is 0 Å². The summed E-state index contributed by atoms with van der Waals surface area (Å²) in [6.07, 6.45) is 1.95. The van der Waals surface area contributed by atoms with E-state index >= 15 is 0 Å². The summed E-state index contributed by atoms with van der Waals surface area (Å²) in [5.41, 5.74) is 0. The zero-order valence-corrected chi connectivity index (χ0v) is 12.0. The number of pyridine rings is 1. The molecular formula is C12H13Cl2N3O3. The number of carboxylic acid groups (broad SMARTS) is 1. The number of carboxylic acids is 1. The Morgan fingerprint density at radius 1 is 1.50 bits per heavy atom. The number of carbonyl (C=O) groups excluding carboxylic acids is 1. The van der Waals surface area contributed by atoms with Gasteiger partial charge >= 0.3 is 5.97 Å². The second-order valence-electron chi connectivity index (χ2n) is 4.59. The average molecular weight is 318 g/mol. The molecular weight excluding hydrogens is 305 g/mol. The van der Waals surface area contributed by atoms with Gasteiger partial charge in [0, 0.05) is 12.7 Å². The lowest BCUT2D eigenvalue weighted by Crippen LogP contribution is -2.32. The number of halogens is 2. The molecule has 8 heteroatoms. The molecule has 0 aromatic carbocycles. The lowest BCUT2D eigenvalue weighted by Gasteiger charge is -2.14. The Morgan fingerprint density at radius 3 is 2.85 bits per heavy atom. The lowest BCUT2D eigenvalue weighted by atomic mass is 10.1. The molecule has 0 radical (unpaired) electrons. The molecule has 108 valence electrons. The van der Waals surface area contributed by atoms with Crippen molar-refractivity contribution < 1.29 is 14.7 Å². The van der Waals surface area contributed by atoms with E-state index in [4.69, 9.17) is 28.3 Å². The second kappa shape index (κ2) is 6.39. The van der Waals surface area contributed by atoms with Crippen molar-refractivity contribution in [2.24, 2.45) is 5.92 Å². The van der Waals surface area contributed by atoms with E-state index in [0.29, 0.717) is 24.5 Å². The molecule has 1 saturated heterocycles. The van der Waals surface area contributed by atoms with Gasteiger partial charge in [-0.05, 0) is 19.0 Å². The normalized spacial score (nSPS) is 19.0. The van der Waals surface area contributed by atoms with Crippen LogP contribution in [0.2, 0.25) is 10.0 Å². The van der Waals surface area contributed by atoms with Crippen LogP contribution in [0.1, 0.15) is 6.42 Å². The van der Waals surface area contributed by atoms with E-state index < -0.39 is 11.9 Å². The van der Waals surface area contributed by atoms with E-state index in [1.165, 1.54) is 12.3 Å². The number of amides is 1. The molecule has 1 aromatic heterocycles. The number of likely N-dealkylation sites (tertiary alicyclic amines) is 1. The molecule has 2 heterocycles. The third kappa shape index (κ3) is 3.82. The quantitative estimate of drug-likeness (QED) is 0.883. The molecule has 1 aliphatic rings. The molecule has 20 heavy (non-hydrogen) atoms. The van der Waals surface area contributed by atoms with Gasteiger partial charge in [-0.3, -0.25) is 14.5 Å². The van der Waals surface area contributed by atoms with Crippen LogP contribution in [-0.2, 0) is 9.59 Å². The standard InChI is InChI=1S/C12H13Cl2N3O3/c13-8-3-9(14)11(15-4-8)16-10(18)6-17-2-1-7(5-17)12(19)20/h3-4,7H,1-2,5-6H2,(H,19,20)(H,15,16,18). The fourth-order valence-electron chi connectivity index (χ4n) is 2.06. The number of anilines is 1. The van der Waals surface area contributed by atoms with Crippen molar-refractivity contribution in [2.75, 3.05) is 25.0 Å². The highest BCUT2D eigenvalue weighted by atomic mass is 35.5. The summed E-state index contributed by atoms with van der Waals surface area (Å²) in [5.74, 6) is -1.27. The number of nitrogens with one attached hydrogen (secondary N) is 1. The molecule has 1 atom stereocenters. The zero-order chi connectivity index (χ0) is 14.7. The van der Waals surface area contributed by atoms with E-state index in [-0.39, 0.29) is 23.3 Å². The number of hydrogen-bond donors (Lipinski definition) is 2. The number of rotatable bonds is 4. The van der Waals surface area contributed by atoms with Crippen molar-refractivity contribution in [3.8, 4) is 0 Å². The van der Waals surface area contributed by atoms with Crippen molar-refractivity contribution >= 4 is 40.9 Å². The predicted molar refractivity (Wildman–Crippen MR) is 75.1 cm³/mol. The van der Waals surface area contributed by atoms with Crippen LogP contribution in [-0.4, -0.2) is 46.5 Å². The van der Waals surface area contributed by atoms with Crippen LogP contribution in [0, 0.1) is 5.92 Å². The van der Waals surface area contributed by atoms with Gasteiger partial charge in [-0.2, -0.15) is 0 Å². The summed E-state index contributed by atoms with van der Waals surface area (Å²) in [4.78, 5) is 28.4. The molecule has 0 bridgehead atoms. The van der Waals surface area contributed by atoms with Gasteiger partial charge in [0.05, 0.1) is 22.5 Å². The molecule has 2 N–H and O–H groups in total. The maximum Gasteiger partial charge on any atom is 0.307 e. The maximum atomic E-state index is 11.9. The summed E-state index contributed by atoms with van der Waals surface area (Å²) in [6.45, 7) is 1.08. The maximum absolute atomic E-state index is 11.9. The minimum absolute atomic E-state index is 0.115. The van der Waals surface area contributed by atoms with E-state index in [1.54, 1.807) is 4.90 Å². The smallest absolute Gasteiger partial charge is 0.307 e. The lowest BCUT2D eigenvalue weighted by molar-refractivity contribution is -0.141. The fourth-order valence-corrected chi connectivity index (χ4v) is 2.49. The summed E-state index contributed by atoms with van der Waals surface area (Å²) < 4.78 is 0. The Morgan fingerprint density at radius 2 is 2.25 bits per heavy atom. The SMILES string of the molecule is O=C(CN1CCC(C(=O)O)C1)Nc1ncc(Cl)cc1Cl. The molecule has 1 aliphatic heterocycles. The Bertz CT molecular complexity index is 539. The third-order valence-corrected chi connectivity index (χ3v) is 3.55. The first-order chi connectivity index (χ1) is 9.45. The van der Waals surface area contributed by atoms with Gasteiger partial charge in [0.1, 0.15) is 0 Å². The molecule has 0 saturated carbocycles. The highest BCUT2D eigenvalue weighted by Crippen LogP contribution is 2.22. The number of carbonyl (C=O) groups is 2. The minimum Gasteiger partial charge on any atom is -0.481 e. The predicted octanol–water partition coefficient (Wildman–Crippen LogP) is 1.73. The number of aromatic nitrogens is 1. The van der Waals surface area contributed by atoms with Crippen LogP contribution in [0.4, 0.5) is 5.82 Å². The van der Waals surface area contributed by atoms with Gasteiger partial charge in [0.25, 0.3) is 0 Å². The van der Waals surface area contributed by atoms with Crippen LogP contribution < -0.4 is 5.32 Å². The van der Waals surface area contributed by atoms with E-state index in [2.05, 4.69) is 10.3 Å². The van der Waals surface area contributed by atoms with Gasteiger partial charge in [-0.25, -0.2) is 4.98 Å². The molecule has 2 rings (SSSR count). The van der Waals surface area contributed by atoms with Gasteiger partial charge < -0.3 is 10.4 Å². The largest absolute Gasteiger partial charge is 0.481 e. The minimum atomic E-state index is -0.824. The third-order valence-electron chi connectivity index (χ3n) is 3.05. The summed E-state index contributed by atoms with van der Waals surface area (Å²) in [7, 11) is 0. The van der Waals surface area contributed by atoms with Crippen LogP contribution in [0.15, 0.2) is 12.3 Å². The first-order valence-corrected chi connectivity index (χ1v) is 6.77. The van der Waals surface area contributed by atoms with Crippen molar-refractivity contribution in [1.29, 1.82) is 0 Å². The van der Waals surface area contributed by atoms with Gasteiger partial charge in [-0.1, -0.05) is 23.2 Å². The number of hydrogen-bond acceptors (Lipinski definition) is 4. The van der Waals surface area contributed by atoms with Crippen molar-refractivity contribution in [3.63, 3.8) is 0 Å². The summed E-state index contributed by atoms with van der Waals surface area (Å²) in [6, 6.07) is 1.49. The van der Waals surface area contributed by atoms with Crippen molar-refractivity contribution in [3.05, 3.63) is 22.3 Å². The summed E-state index contributed by atoms with van der Waals surface area (Å²) in [5, 5.41) is 12.1. The number of nitrogens with zero attached hydrogens (tertiary/aromatic N) is 2. The first-order valence-electron chi connectivity index (χ1n) is 6.02. The molecule has 1 fully saturated rings. The van der Waals surface area contributed by atoms with E-state index in [9.17, 15) is 9.59 Å². The van der Waals surface area contributed by atoms with Crippen molar-refractivity contribution in [1.82, 2.24) is 9.88 Å². The van der Waals surface area contributed by atoms with E-state index in [1.807, 2.05) is 0 Å². The molecule has 6 nitrogen and oxygen atoms in total. The molecule has 1 aromatic rings. The number of aliphatic carboxylic acids is 1. The molecule has 1 amide bonds. The highest BCUT2D eigenvalue weighted by Gasteiger charge is 2.28.